The van der Waals surface area contributed by atoms with Crippen LogP contribution in [0.4, 0.5) is 4.79 Å². The minimum absolute atomic E-state index is 0.0528. The highest BCUT2D eigenvalue weighted by Crippen LogP contribution is 2.44. The number of carbonyl (C=O) groups excluding carboxylic acids is 3. The van der Waals surface area contributed by atoms with Crippen molar-refractivity contribution in [1.82, 2.24) is 9.62 Å². The lowest BCUT2D eigenvalue weighted by Crippen LogP contribution is -2.48. The SMILES string of the molecule is COC(=O)[C@H](C(C)C)N1SC[C@H](NC(=O)OCC2c3ccccc3-c3ccccc32)C1=O. The Morgan fingerprint density at radius 1 is 1.09 bits per heavy atom. The molecule has 7 nitrogen and oxygen atoms in total. The molecule has 32 heavy (non-hydrogen) atoms. The van der Waals surface area contributed by atoms with Crippen LogP contribution >= 0.6 is 11.9 Å². The van der Waals surface area contributed by atoms with Gasteiger partial charge in [0.15, 0.2) is 0 Å². The zero-order chi connectivity index (χ0) is 22.8. The number of fused-ring (bicyclic) bond motifs is 3. The number of nitrogens with zero attached hydrogens (tertiary/aromatic N) is 1. The normalized spacial score (nSPS) is 18.3. The minimum Gasteiger partial charge on any atom is -0.467 e. The van der Waals surface area contributed by atoms with Gasteiger partial charge >= 0.3 is 12.1 Å². The molecule has 2 atom stereocenters. The second kappa shape index (κ2) is 9.24. The van der Waals surface area contributed by atoms with Crippen LogP contribution in [0, 0.1) is 5.92 Å². The first-order valence-corrected chi connectivity index (χ1v) is 11.5. The summed E-state index contributed by atoms with van der Waals surface area (Å²) in [4.78, 5) is 37.5. The van der Waals surface area contributed by atoms with Gasteiger partial charge in [-0.05, 0) is 40.1 Å². The first-order chi connectivity index (χ1) is 15.4. The Bertz CT molecular complexity index is 995. The van der Waals surface area contributed by atoms with Crippen molar-refractivity contribution in [2.75, 3.05) is 19.5 Å². The van der Waals surface area contributed by atoms with Crippen LogP contribution in [0.25, 0.3) is 11.1 Å². The second-order valence-electron chi connectivity index (χ2n) is 8.19. The van der Waals surface area contributed by atoms with Crippen LogP contribution in [-0.2, 0) is 19.1 Å². The predicted octanol–water partition coefficient (Wildman–Crippen LogP) is 3.58. The standard InChI is InChI=1S/C24H26N2O5S/c1-14(2)21(23(28)30-3)26-22(27)20(13-32-26)25-24(29)31-12-19-17-10-6-4-8-15(17)16-9-5-7-11-18(16)19/h4-11,14,19-21H,12-13H2,1-3H3,(H,25,29)/t20-,21-/m0/s1. The Hall–Kier alpha value is -3.00. The average molecular weight is 455 g/mol. The quantitative estimate of drug-likeness (QED) is 0.531. The molecule has 1 N–H and O–H groups in total. The smallest absolute Gasteiger partial charge is 0.407 e. The first-order valence-electron chi connectivity index (χ1n) is 10.6. The van der Waals surface area contributed by atoms with Gasteiger partial charge in [-0.25, -0.2) is 9.59 Å². The number of ether oxygens (including phenoxy) is 2. The third-order valence-corrected chi connectivity index (χ3v) is 7.03. The van der Waals surface area contributed by atoms with E-state index in [4.69, 9.17) is 9.47 Å². The molecule has 0 bridgehead atoms. The summed E-state index contributed by atoms with van der Waals surface area (Å²) < 4.78 is 11.8. The topological polar surface area (TPSA) is 84.9 Å². The largest absolute Gasteiger partial charge is 0.467 e. The van der Waals surface area contributed by atoms with Crippen molar-refractivity contribution in [3.63, 3.8) is 0 Å². The van der Waals surface area contributed by atoms with Gasteiger partial charge in [0.2, 0.25) is 0 Å². The molecule has 0 aromatic heterocycles. The van der Waals surface area contributed by atoms with Gasteiger partial charge in [0.05, 0.1) is 7.11 Å². The van der Waals surface area contributed by atoms with E-state index in [-0.39, 0.29) is 24.3 Å². The molecule has 1 aliphatic carbocycles. The summed E-state index contributed by atoms with van der Waals surface area (Å²) in [5.41, 5.74) is 4.55. The van der Waals surface area contributed by atoms with Crippen molar-refractivity contribution >= 4 is 29.9 Å². The minimum atomic E-state index is -0.749. The maximum Gasteiger partial charge on any atom is 0.407 e. The van der Waals surface area contributed by atoms with Gasteiger partial charge in [-0.2, -0.15) is 0 Å². The van der Waals surface area contributed by atoms with Gasteiger partial charge in [0, 0.05) is 11.7 Å². The fourth-order valence-electron chi connectivity index (χ4n) is 4.31. The fraction of sp³-hybridized carbons (Fsp3) is 0.375. The summed E-state index contributed by atoms with van der Waals surface area (Å²) in [6, 6.07) is 14.8. The zero-order valence-corrected chi connectivity index (χ0v) is 19.1. The highest BCUT2D eigenvalue weighted by Gasteiger charge is 2.43. The average Bonchev–Trinajstić information content (AvgIpc) is 3.30. The molecule has 8 heteroatoms. The first kappa shape index (κ1) is 22.2. The number of amides is 2. The Morgan fingerprint density at radius 2 is 1.69 bits per heavy atom. The monoisotopic (exact) mass is 454 g/mol. The summed E-state index contributed by atoms with van der Waals surface area (Å²) in [6.45, 7) is 3.87. The van der Waals surface area contributed by atoms with Crippen LogP contribution in [-0.4, -0.2) is 53.8 Å². The van der Waals surface area contributed by atoms with Gasteiger partial charge in [0.1, 0.15) is 18.7 Å². The van der Waals surface area contributed by atoms with Crippen LogP contribution in [0.3, 0.4) is 0 Å². The number of methoxy groups -OCH3 is 1. The number of carbonyl (C=O) groups is 3. The molecular formula is C24H26N2O5S. The van der Waals surface area contributed by atoms with Crippen molar-refractivity contribution in [3.8, 4) is 11.1 Å². The lowest BCUT2D eigenvalue weighted by molar-refractivity contribution is -0.150. The Morgan fingerprint density at radius 3 is 2.25 bits per heavy atom. The van der Waals surface area contributed by atoms with E-state index in [0.29, 0.717) is 5.75 Å². The number of nitrogens with one attached hydrogen (secondary N) is 1. The summed E-state index contributed by atoms with van der Waals surface area (Å²) >= 11 is 1.22. The molecule has 0 unspecified atom stereocenters. The summed E-state index contributed by atoms with van der Waals surface area (Å²) in [7, 11) is 1.30. The van der Waals surface area contributed by atoms with Crippen molar-refractivity contribution in [3.05, 3.63) is 59.7 Å². The van der Waals surface area contributed by atoms with Crippen molar-refractivity contribution in [2.24, 2.45) is 5.92 Å². The molecule has 4 rings (SSSR count). The van der Waals surface area contributed by atoms with Gasteiger partial charge in [-0.1, -0.05) is 62.4 Å². The second-order valence-corrected chi connectivity index (χ2v) is 9.18. The summed E-state index contributed by atoms with van der Waals surface area (Å²) in [5, 5.41) is 2.66. The van der Waals surface area contributed by atoms with Gasteiger partial charge < -0.3 is 14.8 Å². The maximum absolute atomic E-state index is 12.8. The molecule has 168 valence electrons. The molecular weight excluding hydrogens is 428 g/mol. The van der Waals surface area contributed by atoms with Crippen LogP contribution < -0.4 is 5.32 Å². The number of hydrogen-bond donors (Lipinski definition) is 1. The molecule has 2 aromatic rings. The Kier molecular flexibility index (Phi) is 6.41. The van der Waals surface area contributed by atoms with E-state index in [1.54, 1.807) is 0 Å². The highest BCUT2D eigenvalue weighted by molar-refractivity contribution is 7.98. The van der Waals surface area contributed by atoms with E-state index in [0.717, 1.165) is 22.3 Å². The number of benzene rings is 2. The van der Waals surface area contributed by atoms with E-state index in [9.17, 15) is 14.4 Å². The molecule has 1 aliphatic heterocycles. The molecule has 2 aromatic carbocycles. The molecule has 1 heterocycles. The van der Waals surface area contributed by atoms with Crippen molar-refractivity contribution in [2.45, 2.75) is 31.8 Å². The molecule has 0 radical (unpaired) electrons. The Balaban J connectivity index is 1.39. The van der Waals surface area contributed by atoms with E-state index in [2.05, 4.69) is 29.6 Å². The third-order valence-electron chi connectivity index (χ3n) is 5.86. The number of alkyl carbamates (subject to hydrolysis) is 1. The Labute approximate surface area is 191 Å². The van der Waals surface area contributed by atoms with Crippen LogP contribution in [0.15, 0.2) is 48.5 Å². The van der Waals surface area contributed by atoms with Crippen LogP contribution in [0.5, 0.6) is 0 Å². The molecule has 2 amide bonds. The molecule has 0 spiro atoms. The summed E-state index contributed by atoms with van der Waals surface area (Å²) in [5.74, 6) is -0.631. The van der Waals surface area contributed by atoms with Gasteiger partial charge in [-0.15, -0.1) is 0 Å². The van der Waals surface area contributed by atoms with Crippen molar-refractivity contribution < 1.29 is 23.9 Å². The highest BCUT2D eigenvalue weighted by atomic mass is 32.2. The van der Waals surface area contributed by atoms with E-state index in [1.807, 2.05) is 38.1 Å². The molecule has 1 fully saturated rings. The van der Waals surface area contributed by atoms with E-state index < -0.39 is 24.1 Å². The third kappa shape index (κ3) is 4.07. The van der Waals surface area contributed by atoms with Gasteiger partial charge in [-0.3, -0.25) is 9.10 Å². The predicted molar refractivity (Wildman–Crippen MR) is 122 cm³/mol. The summed E-state index contributed by atoms with van der Waals surface area (Å²) in [6.07, 6.45) is -0.646. The lowest BCUT2D eigenvalue weighted by atomic mass is 9.98. The van der Waals surface area contributed by atoms with E-state index in [1.165, 1.54) is 23.4 Å². The molecule has 2 aliphatic rings. The molecule has 1 saturated heterocycles. The fourth-order valence-corrected chi connectivity index (χ4v) is 5.59. The maximum atomic E-state index is 12.8. The van der Waals surface area contributed by atoms with Crippen molar-refractivity contribution in [1.29, 1.82) is 0 Å². The van der Waals surface area contributed by atoms with E-state index >= 15 is 0 Å². The number of rotatable bonds is 6. The van der Waals surface area contributed by atoms with Crippen LogP contribution in [0.2, 0.25) is 0 Å². The van der Waals surface area contributed by atoms with Crippen LogP contribution in [0.1, 0.15) is 30.9 Å². The molecule has 0 saturated carbocycles. The number of esters is 1. The zero-order valence-electron chi connectivity index (χ0n) is 18.2. The van der Waals surface area contributed by atoms with Gasteiger partial charge in [0.25, 0.3) is 5.91 Å². The lowest BCUT2D eigenvalue weighted by Gasteiger charge is -2.27. The number of hydrogen-bond acceptors (Lipinski definition) is 6.